The third kappa shape index (κ3) is 3.21. The van der Waals surface area contributed by atoms with E-state index in [1.54, 1.807) is 18.2 Å². The SMILES string of the molecule is CCOc1ccc(Nc2cc(N)nc(C3CC3)n2)cc1F. The average Bonchev–Trinajstić information content (AvgIpc) is 3.26. The lowest BCUT2D eigenvalue weighted by Crippen LogP contribution is -2.03. The van der Waals surface area contributed by atoms with Gasteiger partial charge >= 0.3 is 0 Å². The molecule has 0 spiro atoms. The molecule has 1 heterocycles. The van der Waals surface area contributed by atoms with E-state index in [-0.39, 0.29) is 5.75 Å². The van der Waals surface area contributed by atoms with Gasteiger partial charge in [-0.1, -0.05) is 0 Å². The molecule has 21 heavy (non-hydrogen) atoms. The van der Waals surface area contributed by atoms with Gasteiger partial charge in [-0.05, 0) is 31.9 Å². The van der Waals surface area contributed by atoms with Crippen LogP contribution < -0.4 is 15.8 Å². The average molecular weight is 288 g/mol. The summed E-state index contributed by atoms with van der Waals surface area (Å²) >= 11 is 0. The number of halogens is 1. The summed E-state index contributed by atoms with van der Waals surface area (Å²) in [6.45, 7) is 2.24. The molecule has 0 aliphatic heterocycles. The Labute approximate surface area is 122 Å². The number of nitrogen functional groups attached to an aromatic ring is 1. The third-order valence-electron chi connectivity index (χ3n) is 3.21. The normalized spacial score (nSPS) is 14.0. The van der Waals surface area contributed by atoms with Crippen molar-refractivity contribution in [3.63, 3.8) is 0 Å². The summed E-state index contributed by atoms with van der Waals surface area (Å²) in [4.78, 5) is 8.65. The van der Waals surface area contributed by atoms with Crippen molar-refractivity contribution in [2.45, 2.75) is 25.7 Å². The molecule has 0 atom stereocenters. The van der Waals surface area contributed by atoms with Gasteiger partial charge in [0.05, 0.1) is 6.61 Å². The Morgan fingerprint density at radius 2 is 2.14 bits per heavy atom. The van der Waals surface area contributed by atoms with E-state index in [9.17, 15) is 4.39 Å². The molecule has 1 saturated carbocycles. The van der Waals surface area contributed by atoms with Crippen molar-refractivity contribution in [2.75, 3.05) is 17.7 Å². The Bertz CT molecular complexity index is 658. The summed E-state index contributed by atoms with van der Waals surface area (Å²) in [7, 11) is 0. The minimum absolute atomic E-state index is 0.240. The molecule has 1 aliphatic rings. The molecule has 0 radical (unpaired) electrons. The predicted molar refractivity (Wildman–Crippen MR) is 79.3 cm³/mol. The minimum Gasteiger partial charge on any atom is -0.491 e. The molecule has 0 saturated heterocycles. The number of hydrogen-bond donors (Lipinski definition) is 2. The van der Waals surface area contributed by atoms with Gasteiger partial charge in [-0.3, -0.25) is 0 Å². The number of benzene rings is 1. The number of anilines is 3. The molecular weight excluding hydrogens is 271 g/mol. The highest BCUT2D eigenvalue weighted by Gasteiger charge is 2.27. The molecular formula is C15H17FN4O. The highest BCUT2D eigenvalue weighted by Crippen LogP contribution is 2.38. The zero-order chi connectivity index (χ0) is 14.8. The van der Waals surface area contributed by atoms with E-state index >= 15 is 0 Å². The minimum atomic E-state index is -0.411. The molecule has 5 nitrogen and oxygen atoms in total. The predicted octanol–water partition coefficient (Wildman–Crippen LogP) is 3.22. The van der Waals surface area contributed by atoms with E-state index in [0.717, 1.165) is 18.7 Å². The maximum Gasteiger partial charge on any atom is 0.167 e. The number of ether oxygens (including phenoxy) is 1. The van der Waals surface area contributed by atoms with E-state index in [1.165, 1.54) is 6.07 Å². The molecule has 2 aromatic rings. The number of hydrogen-bond acceptors (Lipinski definition) is 5. The highest BCUT2D eigenvalue weighted by atomic mass is 19.1. The van der Waals surface area contributed by atoms with E-state index in [1.807, 2.05) is 6.92 Å². The van der Waals surface area contributed by atoms with Crippen molar-refractivity contribution in [1.29, 1.82) is 0 Å². The summed E-state index contributed by atoms with van der Waals surface area (Å²) in [5.41, 5.74) is 6.38. The second-order valence-electron chi connectivity index (χ2n) is 5.01. The first-order valence-electron chi connectivity index (χ1n) is 6.99. The van der Waals surface area contributed by atoms with Gasteiger partial charge in [0.1, 0.15) is 17.5 Å². The molecule has 1 aromatic heterocycles. The zero-order valence-electron chi connectivity index (χ0n) is 11.8. The van der Waals surface area contributed by atoms with Gasteiger partial charge in [0, 0.05) is 23.7 Å². The monoisotopic (exact) mass is 288 g/mol. The van der Waals surface area contributed by atoms with Gasteiger partial charge in [0.2, 0.25) is 0 Å². The summed E-state index contributed by atoms with van der Waals surface area (Å²) < 4.78 is 19.0. The molecule has 1 aliphatic carbocycles. The van der Waals surface area contributed by atoms with Crippen molar-refractivity contribution in [1.82, 2.24) is 9.97 Å². The second-order valence-corrected chi connectivity index (χ2v) is 5.01. The fourth-order valence-electron chi connectivity index (χ4n) is 2.07. The zero-order valence-corrected chi connectivity index (χ0v) is 11.8. The van der Waals surface area contributed by atoms with Crippen molar-refractivity contribution in [2.24, 2.45) is 0 Å². The van der Waals surface area contributed by atoms with E-state index < -0.39 is 5.82 Å². The lowest BCUT2D eigenvalue weighted by molar-refractivity contribution is 0.321. The summed E-state index contributed by atoms with van der Waals surface area (Å²) in [5.74, 6) is 1.99. The number of nitrogens with two attached hydrogens (primary N) is 1. The molecule has 0 unspecified atom stereocenters. The highest BCUT2D eigenvalue weighted by molar-refractivity contribution is 5.59. The molecule has 0 bridgehead atoms. The standard InChI is InChI=1S/C15H17FN4O/c1-2-21-12-6-5-10(7-11(12)16)18-14-8-13(17)19-15(20-14)9-3-4-9/h5-9H,2-4H2,1H3,(H3,17,18,19,20). The van der Waals surface area contributed by atoms with Gasteiger partial charge in [-0.25, -0.2) is 14.4 Å². The van der Waals surface area contributed by atoms with Crippen molar-refractivity contribution < 1.29 is 9.13 Å². The smallest absolute Gasteiger partial charge is 0.167 e. The number of rotatable bonds is 5. The summed E-state index contributed by atoms with van der Waals surface area (Å²) in [6, 6.07) is 6.34. The first-order chi connectivity index (χ1) is 10.2. The third-order valence-corrected chi connectivity index (χ3v) is 3.21. The van der Waals surface area contributed by atoms with Crippen LogP contribution in [0, 0.1) is 5.82 Å². The molecule has 1 aromatic carbocycles. The first-order valence-corrected chi connectivity index (χ1v) is 6.99. The number of nitrogens with one attached hydrogen (secondary N) is 1. The van der Waals surface area contributed by atoms with Crippen LogP contribution in [0.1, 0.15) is 31.5 Å². The van der Waals surface area contributed by atoms with Crippen LogP contribution in [0.4, 0.5) is 21.7 Å². The number of nitrogens with zero attached hydrogens (tertiary/aromatic N) is 2. The fraction of sp³-hybridized carbons (Fsp3) is 0.333. The van der Waals surface area contributed by atoms with Crippen LogP contribution in [0.15, 0.2) is 24.3 Å². The molecule has 6 heteroatoms. The molecule has 1 fully saturated rings. The van der Waals surface area contributed by atoms with E-state index in [0.29, 0.717) is 29.8 Å². The van der Waals surface area contributed by atoms with E-state index in [4.69, 9.17) is 10.5 Å². The fourth-order valence-corrected chi connectivity index (χ4v) is 2.07. The summed E-state index contributed by atoms with van der Waals surface area (Å²) in [5, 5.41) is 3.05. The van der Waals surface area contributed by atoms with Crippen LogP contribution in [0.5, 0.6) is 5.75 Å². The van der Waals surface area contributed by atoms with Crippen LogP contribution in [0.3, 0.4) is 0 Å². The summed E-state index contributed by atoms with van der Waals surface area (Å²) in [6.07, 6.45) is 2.20. The Hall–Kier alpha value is -2.37. The second kappa shape index (κ2) is 5.55. The first kappa shape index (κ1) is 13.6. The van der Waals surface area contributed by atoms with Crippen molar-refractivity contribution in [3.8, 4) is 5.75 Å². The van der Waals surface area contributed by atoms with Crippen LogP contribution >= 0.6 is 0 Å². The van der Waals surface area contributed by atoms with Gasteiger partial charge in [0.15, 0.2) is 11.6 Å². The van der Waals surface area contributed by atoms with Crippen LogP contribution in [-0.2, 0) is 0 Å². The van der Waals surface area contributed by atoms with Crippen molar-refractivity contribution >= 4 is 17.3 Å². The Morgan fingerprint density at radius 1 is 1.33 bits per heavy atom. The van der Waals surface area contributed by atoms with Gasteiger partial charge in [0.25, 0.3) is 0 Å². The molecule has 110 valence electrons. The van der Waals surface area contributed by atoms with Crippen LogP contribution in [-0.4, -0.2) is 16.6 Å². The Kier molecular flexibility index (Phi) is 3.60. The van der Waals surface area contributed by atoms with E-state index in [2.05, 4.69) is 15.3 Å². The largest absolute Gasteiger partial charge is 0.491 e. The maximum atomic E-state index is 13.8. The number of aromatic nitrogens is 2. The topological polar surface area (TPSA) is 73.1 Å². The Balaban J connectivity index is 1.81. The molecule has 3 N–H and O–H groups in total. The Morgan fingerprint density at radius 3 is 2.81 bits per heavy atom. The molecule has 0 amide bonds. The van der Waals surface area contributed by atoms with Crippen LogP contribution in [0.25, 0.3) is 0 Å². The quantitative estimate of drug-likeness (QED) is 0.883. The van der Waals surface area contributed by atoms with Crippen LogP contribution in [0.2, 0.25) is 0 Å². The van der Waals surface area contributed by atoms with Gasteiger partial charge < -0.3 is 15.8 Å². The maximum absolute atomic E-state index is 13.8. The lowest BCUT2D eigenvalue weighted by Gasteiger charge is -2.10. The van der Waals surface area contributed by atoms with Crippen molar-refractivity contribution in [3.05, 3.63) is 35.9 Å². The van der Waals surface area contributed by atoms with Gasteiger partial charge in [-0.2, -0.15) is 0 Å². The molecule has 3 rings (SSSR count). The van der Waals surface area contributed by atoms with Gasteiger partial charge in [-0.15, -0.1) is 0 Å². The lowest BCUT2D eigenvalue weighted by atomic mass is 10.3.